The molecular formula is C18H15N3. The average molecular weight is 273 g/mol. The number of fused-ring (bicyclic) bond motifs is 2. The Labute approximate surface area is 123 Å². The Kier molecular flexibility index (Phi) is 2.71. The predicted molar refractivity (Wildman–Crippen MR) is 85.3 cm³/mol. The van der Waals surface area contributed by atoms with Crippen LogP contribution in [0.25, 0.3) is 33.5 Å². The molecule has 4 rings (SSSR count). The van der Waals surface area contributed by atoms with Gasteiger partial charge in [0.2, 0.25) is 0 Å². The highest BCUT2D eigenvalue weighted by Crippen LogP contribution is 2.27. The lowest BCUT2D eigenvalue weighted by Gasteiger charge is -2.02. The minimum absolute atomic E-state index is 0.796. The van der Waals surface area contributed by atoms with E-state index in [1.54, 1.807) is 0 Å². The Balaban J connectivity index is 1.86. The van der Waals surface area contributed by atoms with E-state index in [0.717, 1.165) is 29.3 Å². The van der Waals surface area contributed by atoms with Crippen LogP contribution in [0, 0.1) is 0 Å². The Hall–Kier alpha value is -2.68. The van der Waals surface area contributed by atoms with E-state index in [-0.39, 0.29) is 0 Å². The highest BCUT2D eigenvalue weighted by Gasteiger charge is 2.12. The van der Waals surface area contributed by atoms with Crippen molar-refractivity contribution in [3.8, 4) is 22.8 Å². The van der Waals surface area contributed by atoms with Crippen molar-refractivity contribution in [2.45, 2.75) is 13.5 Å². The van der Waals surface area contributed by atoms with Crippen LogP contribution in [-0.2, 0) is 6.54 Å². The number of hydrogen-bond acceptors (Lipinski definition) is 2. The van der Waals surface area contributed by atoms with Gasteiger partial charge in [-0.1, -0.05) is 36.4 Å². The van der Waals surface area contributed by atoms with Gasteiger partial charge < -0.3 is 4.57 Å². The molecule has 0 N–H and O–H groups in total. The minimum Gasteiger partial charge on any atom is -0.352 e. The summed E-state index contributed by atoms with van der Waals surface area (Å²) in [6.45, 7) is 3.06. The summed E-state index contributed by atoms with van der Waals surface area (Å²) < 4.78 is 2.11. The van der Waals surface area contributed by atoms with Gasteiger partial charge in [0.1, 0.15) is 5.69 Å². The second kappa shape index (κ2) is 4.70. The normalized spacial score (nSPS) is 11.3. The van der Waals surface area contributed by atoms with Crippen LogP contribution in [0.3, 0.4) is 0 Å². The van der Waals surface area contributed by atoms with E-state index in [1.807, 2.05) is 18.5 Å². The van der Waals surface area contributed by atoms with E-state index in [4.69, 9.17) is 0 Å². The highest BCUT2D eigenvalue weighted by atomic mass is 15.0. The van der Waals surface area contributed by atoms with Crippen molar-refractivity contribution >= 4 is 10.8 Å². The fourth-order valence-corrected chi connectivity index (χ4v) is 2.61. The molecule has 0 spiro atoms. The first kappa shape index (κ1) is 12.1. The van der Waals surface area contributed by atoms with Crippen molar-refractivity contribution in [2.24, 2.45) is 0 Å². The minimum atomic E-state index is 0.796. The molecule has 21 heavy (non-hydrogen) atoms. The summed E-state index contributed by atoms with van der Waals surface area (Å²) in [7, 11) is 0. The van der Waals surface area contributed by atoms with Crippen LogP contribution in [0.5, 0.6) is 0 Å². The Morgan fingerprint density at radius 2 is 1.71 bits per heavy atom. The van der Waals surface area contributed by atoms with E-state index in [0.29, 0.717) is 0 Å². The van der Waals surface area contributed by atoms with Gasteiger partial charge in [0.05, 0.1) is 5.69 Å². The molecule has 3 heteroatoms. The van der Waals surface area contributed by atoms with Crippen molar-refractivity contribution in [3.63, 3.8) is 0 Å². The first-order valence-corrected chi connectivity index (χ1v) is 7.16. The molecule has 0 unspecified atom stereocenters. The number of nitrogens with zero attached hydrogens (tertiary/aromatic N) is 3. The van der Waals surface area contributed by atoms with Crippen LogP contribution in [-0.4, -0.2) is 14.5 Å². The number of hydrogen-bond donors (Lipinski definition) is 0. The number of aryl methyl sites for hydroxylation is 1. The number of imidazole rings is 1. The van der Waals surface area contributed by atoms with Gasteiger partial charge >= 0.3 is 0 Å². The lowest BCUT2D eigenvalue weighted by atomic mass is 10.1. The van der Waals surface area contributed by atoms with E-state index in [2.05, 4.69) is 63.9 Å². The second-order valence-electron chi connectivity index (χ2n) is 5.15. The zero-order chi connectivity index (χ0) is 14.2. The summed E-state index contributed by atoms with van der Waals surface area (Å²) in [5.41, 5.74) is 2.96. The summed E-state index contributed by atoms with van der Waals surface area (Å²) in [5, 5.41) is 2.45. The summed E-state index contributed by atoms with van der Waals surface area (Å²) in [5.74, 6) is 0.796. The monoisotopic (exact) mass is 273 g/mol. The molecule has 0 bridgehead atoms. The summed E-state index contributed by atoms with van der Waals surface area (Å²) in [6.07, 6.45) is 4.09. The number of rotatable bonds is 2. The molecule has 0 aliphatic carbocycles. The highest BCUT2D eigenvalue weighted by molar-refractivity contribution is 5.86. The molecule has 2 aliphatic rings. The summed E-state index contributed by atoms with van der Waals surface area (Å²) >= 11 is 0. The van der Waals surface area contributed by atoms with Crippen LogP contribution >= 0.6 is 0 Å². The first-order chi connectivity index (χ1) is 10.3. The molecule has 2 heterocycles. The third-order valence-corrected chi connectivity index (χ3v) is 3.80. The molecule has 0 amide bonds. The quantitative estimate of drug-likeness (QED) is 0.547. The van der Waals surface area contributed by atoms with Gasteiger partial charge in [0.15, 0.2) is 5.82 Å². The fourth-order valence-electron chi connectivity index (χ4n) is 2.61. The molecule has 0 atom stereocenters. The molecule has 0 fully saturated rings. The number of pyridine rings is 1. The van der Waals surface area contributed by atoms with Crippen LogP contribution in [0.4, 0.5) is 0 Å². The maximum absolute atomic E-state index is 4.67. The number of benzene rings is 2. The van der Waals surface area contributed by atoms with Crippen molar-refractivity contribution < 1.29 is 0 Å². The molecule has 0 saturated carbocycles. The summed E-state index contributed by atoms with van der Waals surface area (Å²) in [4.78, 5) is 9.31. The van der Waals surface area contributed by atoms with Gasteiger partial charge in [-0.25, -0.2) is 9.97 Å². The maximum atomic E-state index is 4.67. The molecule has 3 nitrogen and oxygen atoms in total. The van der Waals surface area contributed by atoms with Gasteiger partial charge in [-0.2, -0.15) is 0 Å². The molecule has 0 aromatic heterocycles. The van der Waals surface area contributed by atoms with Crippen molar-refractivity contribution in [1.29, 1.82) is 0 Å². The number of aromatic nitrogens is 3. The van der Waals surface area contributed by atoms with Gasteiger partial charge in [0, 0.05) is 24.5 Å². The van der Waals surface area contributed by atoms with E-state index in [1.165, 1.54) is 10.8 Å². The predicted octanol–water partition coefficient (Wildman–Crippen LogP) is 4.22. The lowest BCUT2D eigenvalue weighted by molar-refractivity contribution is 0.755. The third kappa shape index (κ3) is 2.07. The second-order valence-corrected chi connectivity index (χ2v) is 5.15. The van der Waals surface area contributed by atoms with Crippen molar-refractivity contribution in [3.05, 3.63) is 60.9 Å². The fraction of sp³-hybridized carbons (Fsp3) is 0.111. The lowest BCUT2D eigenvalue weighted by Crippen LogP contribution is -1.95. The van der Waals surface area contributed by atoms with Gasteiger partial charge in [-0.3, -0.25) is 0 Å². The van der Waals surface area contributed by atoms with Crippen molar-refractivity contribution in [1.82, 2.24) is 14.5 Å². The SMILES string of the molecule is CCn1ccc2nc(-c3ccc4ccccc4c3)nc-2c1. The van der Waals surface area contributed by atoms with Crippen LogP contribution in [0.15, 0.2) is 60.9 Å². The van der Waals surface area contributed by atoms with Crippen LogP contribution < -0.4 is 0 Å². The smallest absolute Gasteiger partial charge is 0.160 e. The molecular weight excluding hydrogens is 258 g/mol. The van der Waals surface area contributed by atoms with Gasteiger partial charge in [0.25, 0.3) is 0 Å². The van der Waals surface area contributed by atoms with Crippen molar-refractivity contribution in [2.75, 3.05) is 0 Å². The molecule has 2 aromatic carbocycles. The topological polar surface area (TPSA) is 30.7 Å². The standard InChI is InChI=1S/C18H15N3/c1-2-21-10-9-16-17(12-21)20-18(19-16)15-8-7-13-5-3-4-6-14(13)11-15/h3-12H,2H2,1H3. The van der Waals surface area contributed by atoms with Gasteiger partial charge in [-0.15, -0.1) is 0 Å². The Morgan fingerprint density at radius 3 is 2.57 bits per heavy atom. The first-order valence-electron chi connectivity index (χ1n) is 7.16. The molecule has 0 radical (unpaired) electrons. The Bertz CT molecular complexity index is 892. The third-order valence-electron chi connectivity index (χ3n) is 3.80. The molecule has 102 valence electrons. The molecule has 0 saturated heterocycles. The summed E-state index contributed by atoms with van der Waals surface area (Å²) in [6, 6.07) is 16.7. The van der Waals surface area contributed by atoms with E-state index < -0.39 is 0 Å². The maximum Gasteiger partial charge on any atom is 0.160 e. The molecule has 2 aromatic rings. The van der Waals surface area contributed by atoms with Crippen LogP contribution in [0.1, 0.15) is 6.92 Å². The van der Waals surface area contributed by atoms with E-state index in [9.17, 15) is 0 Å². The van der Waals surface area contributed by atoms with Gasteiger partial charge in [-0.05, 0) is 29.8 Å². The zero-order valence-electron chi connectivity index (χ0n) is 11.8. The average Bonchev–Trinajstić information content (AvgIpc) is 2.97. The molecule has 2 aliphatic heterocycles. The van der Waals surface area contributed by atoms with Crippen LogP contribution in [0.2, 0.25) is 0 Å². The zero-order valence-corrected chi connectivity index (χ0v) is 11.8. The largest absolute Gasteiger partial charge is 0.352 e. The van der Waals surface area contributed by atoms with E-state index >= 15 is 0 Å². The Morgan fingerprint density at radius 1 is 0.905 bits per heavy atom.